The topological polar surface area (TPSA) is 68.3 Å². The van der Waals surface area contributed by atoms with E-state index in [-0.39, 0.29) is 6.04 Å². The van der Waals surface area contributed by atoms with Crippen LogP contribution in [0.3, 0.4) is 0 Å². The summed E-state index contributed by atoms with van der Waals surface area (Å²) in [5.74, 6) is 2.76. The highest BCUT2D eigenvalue weighted by Gasteiger charge is 2.15. The zero-order chi connectivity index (χ0) is 23.4. The molecule has 0 radical (unpaired) electrons. The SMILES string of the molecule is CNCc1ccccc1-c1cccc(C(C)Nc2nc(C)nc3cc(OC)c(OC)cc23)c1. The van der Waals surface area contributed by atoms with E-state index < -0.39 is 0 Å². The summed E-state index contributed by atoms with van der Waals surface area (Å²) in [5.41, 5.74) is 5.70. The van der Waals surface area contributed by atoms with Crippen LogP contribution >= 0.6 is 0 Å². The van der Waals surface area contributed by atoms with Gasteiger partial charge in [0.2, 0.25) is 0 Å². The Kier molecular flexibility index (Phi) is 6.75. The number of fused-ring (bicyclic) bond motifs is 1. The Labute approximate surface area is 195 Å². The minimum absolute atomic E-state index is 0.0343. The minimum atomic E-state index is 0.0343. The van der Waals surface area contributed by atoms with Gasteiger partial charge in [-0.05, 0) is 55.3 Å². The number of aromatic nitrogens is 2. The van der Waals surface area contributed by atoms with Crippen molar-refractivity contribution in [3.63, 3.8) is 0 Å². The van der Waals surface area contributed by atoms with Crippen LogP contribution < -0.4 is 20.1 Å². The number of hydrogen-bond acceptors (Lipinski definition) is 6. The largest absolute Gasteiger partial charge is 0.493 e. The lowest BCUT2D eigenvalue weighted by Gasteiger charge is -2.19. The molecule has 3 aromatic carbocycles. The predicted molar refractivity (Wildman–Crippen MR) is 134 cm³/mol. The standard InChI is InChI=1S/C27H30N4O2/c1-17(19-10-8-11-20(13-19)22-12-7-6-9-21(22)16-28-3)29-27-23-14-25(32-4)26(33-5)15-24(23)30-18(2)31-27/h6-15,17,28H,16H2,1-5H3,(H,29,30,31). The first kappa shape index (κ1) is 22.6. The van der Waals surface area contributed by atoms with Crippen molar-refractivity contribution in [3.05, 3.63) is 77.6 Å². The number of ether oxygens (including phenoxy) is 2. The zero-order valence-corrected chi connectivity index (χ0v) is 19.8. The summed E-state index contributed by atoms with van der Waals surface area (Å²) in [7, 11) is 5.23. The molecule has 1 unspecified atom stereocenters. The van der Waals surface area contributed by atoms with Crippen LogP contribution in [-0.4, -0.2) is 31.2 Å². The second-order valence-electron chi connectivity index (χ2n) is 8.02. The average molecular weight is 443 g/mol. The number of nitrogens with one attached hydrogen (secondary N) is 2. The van der Waals surface area contributed by atoms with Crippen molar-refractivity contribution in [2.45, 2.75) is 26.4 Å². The van der Waals surface area contributed by atoms with Crippen LogP contribution in [0.5, 0.6) is 11.5 Å². The molecular formula is C27H30N4O2. The Bertz CT molecular complexity index is 1270. The molecule has 1 aromatic heterocycles. The average Bonchev–Trinajstić information content (AvgIpc) is 2.83. The van der Waals surface area contributed by atoms with Gasteiger partial charge < -0.3 is 20.1 Å². The fraction of sp³-hybridized carbons (Fsp3) is 0.259. The van der Waals surface area contributed by atoms with Crippen molar-refractivity contribution in [1.82, 2.24) is 15.3 Å². The molecule has 0 aliphatic heterocycles. The van der Waals surface area contributed by atoms with Gasteiger partial charge in [-0.15, -0.1) is 0 Å². The van der Waals surface area contributed by atoms with Gasteiger partial charge in [-0.2, -0.15) is 0 Å². The molecule has 33 heavy (non-hydrogen) atoms. The summed E-state index contributed by atoms with van der Waals surface area (Å²) >= 11 is 0. The molecule has 0 saturated carbocycles. The van der Waals surface area contributed by atoms with E-state index in [1.54, 1.807) is 14.2 Å². The monoisotopic (exact) mass is 442 g/mol. The Morgan fingerprint density at radius 1 is 0.909 bits per heavy atom. The van der Waals surface area contributed by atoms with E-state index in [9.17, 15) is 0 Å². The van der Waals surface area contributed by atoms with Gasteiger partial charge in [0.15, 0.2) is 11.5 Å². The molecule has 4 rings (SSSR count). The van der Waals surface area contributed by atoms with Gasteiger partial charge in [0.25, 0.3) is 0 Å². The normalized spacial score (nSPS) is 11.9. The predicted octanol–water partition coefficient (Wildman–Crippen LogP) is 5.51. The summed E-state index contributed by atoms with van der Waals surface area (Å²) in [6.07, 6.45) is 0. The Morgan fingerprint density at radius 2 is 1.67 bits per heavy atom. The maximum atomic E-state index is 5.50. The van der Waals surface area contributed by atoms with E-state index >= 15 is 0 Å². The molecule has 170 valence electrons. The quantitative estimate of drug-likeness (QED) is 0.375. The summed E-state index contributed by atoms with van der Waals surface area (Å²) < 4.78 is 10.9. The molecular weight excluding hydrogens is 412 g/mol. The van der Waals surface area contributed by atoms with Crippen LogP contribution in [0.25, 0.3) is 22.0 Å². The molecule has 1 atom stereocenters. The summed E-state index contributed by atoms with van der Waals surface area (Å²) in [4.78, 5) is 9.28. The Morgan fingerprint density at radius 3 is 2.42 bits per heavy atom. The minimum Gasteiger partial charge on any atom is -0.493 e. The third-order valence-electron chi connectivity index (χ3n) is 5.75. The van der Waals surface area contributed by atoms with Gasteiger partial charge in [-0.3, -0.25) is 0 Å². The van der Waals surface area contributed by atoms with Gasteiger partial charge >= 0.3 is 0 Å². The second-order valence-corrected chi connectivity index (χ2v) is 8.02. The number of rotatable bonds is 8. The summed E-state index contributed by atoms with van der Waals surface area (Å²) in [5, 5.41) is 7.74. The molecule has 0 spiro atoms. The lowest BCUT2D eigenvalue weighted by atomic mass is 9.96. The number of aryl methyl sites for hydroxylation is 1. The molecule has 2 N–H and O–H groups in total. The molecule has 0 bridgehead atoms. The maximum Gasteiger partial charge on any atom is 0.162 e. The summed E-state index contributed by atoms with van der Waals surface area (Å²) in [6, 6.07) is 21.0. The molecule has 0 amide bonds. The number of methoxy groups -OCH3 is 2. The first-order valence-electron chi connectivity index (χ1n) is 11.0. The molecule has 6 heteroatoms. The first-order valence-corrected chi connectivity index (χ1v) is 11.0. The van der Waals surface area contributed by atoms with Crippen molar-refractivity contribution < 1.29 is 9.47 Å². The van der Waals surface area contributed by atoms with E-state index in [1.165, 1.54) is 22.3 Å². The van der Waals surface area contributed by atoms with Crippen LogP contribution in [0.4, 0.5) is 5.82 Å². The molecule has 0 aliphatic rings. The lowest BCUT2D eigenvalue weighted by Crippen LogP contribution is -2.10. The highest BCUT2D eigenvalue weighted by atomic mass is 16.5. The molecule has 6 nitrogen and oxygen atoms in total. The first-order chi connectivity index (χ1) is 16.0. The molecule has 0 fully saturated rings. The van der Waals surface area contributed by atoms with Crippen molar-refractivity contribution in [2.75, 3.05) is 26.6 Å². The van der Waals surface area contributed by atoms with Crippen LogP contribution in [-0.2, 0) is 6.54 Å². The van der Waals surface area contributed by atoms with E-state index in [4.69, 9.17) is 9.47 Å². The fourth-order valence-corrected chi connectivity index (χ4v) is 4.09. The van der Waals surface area contributed by atoms with E-state index in [0.717, 1.165) is 23.3 Å². The molecule has 0 saturated heterocycles. The van der Waals surface area contributed by atoms with Crippen LogP contribution in [0.1, 0.15) is 29.9 Å². The molecule has 1 heterocycles. The molecule has 4 aromatic rings. The maximum absolute atomic E-state index is 5.50. The number of benzene rings is 3. The zero-order valence-electron chi connectivity index (χ0n) is 19.8. The fourth-order valence-electron chi connectivity index (χ4n) is 4.09. The highest BCUT2D eigenvalue weighted by molar-refractivity contribution is 5.92. The highest BCUT2D eigenvalue weighted by Crippen LogP contribution is 2.35. The van der Waals surface area contributed by atoms with E-state index in [1.807, 2.05) is 26.1 Å². The van der Waals surface area contributed by atoms with Crippen molar-refractivity contribution in [3.8, 4) is 22.6 Å². The molecule has 0 aliphatic carbocycles. The number of nitrogens with zero attached hydrogens (tertiary/aromatic N) is 2. The smallest absolute Gasteiger partial charge is 0.162 e. The van der Waals surface area contributed by atoms with E-state index in [0.29, 0.717) is 17.3 Å². The number of hydrogen-bond donors (Lipinski definition) is 2. The van der Waals surface area contributed by atoms with Gasteiger partial charge in [0.1, 0.15) is 11.6 Å². The van der Waals surface area contributed by atoms with Crippen molar-refractivity contribution in [1.29, 1.82) is 0 Å². The van der Waals surface area contributed by atoms with Gasteiger partial charge in [0.05, 0.1) is 19.7 Å². The van der Waals surface area contributed by atoms with Crippen LogP contribution in [0.2, 0.25) is 0 Å². The van der Waals surface area contributed by atoms with Crippen LogP contribution in [0.15, 0.2) is 60.7 Å². The second kappa shape index (κ2) is 9.88. The van der Waals surface area contributed by atoms with Gasteiger partial charge in [-0.25, -0.2) is 9.97 Å². The number of anilines is 1. The van der Waals surface area contributed by atoms with Crippen molar-refractivity contribution in [2.24, 2.45) is 0 Å². The summed E-state index contributed by atoms with van der Waals surface area (Å²) in [6.45, 7) is 4.86. The lowest BCUT2D eigenvalue weighted by molar-refractivity contribution is 0.356. The van der Waals surface area contributed by atoms with Crippen molar-refractivity contribution >= 4 is 16.7 Å². The third kappa shape index (κ3) is 4.76. The van der Waals surface area contributed by atoms with E-state index in [2.05, 4.69) is 76.1 Å². The van der Waals surface area contributed by atoms with Gasteiger partial charge in [0, 0.05) is 24.0 Å². The van der Waals surface area contributed by atoms with Gasteiger partial charge in [-0.1, -0.05) is 42.5 Å². The Balaban J connectivity index is 1.69. The third-order valence-corrected chi connectivity index (χ3v) is 5.75. The Hall–Kier alpha value is -3.64. The van der Waals surface area contributed by atoms with Crippen LogP contribution in [0, 0.1) is 6.92 Å².